The quantitative estimate of drug-likeness (QED) is 0.391. The summed E-state index contributed by atoms with van der Waals surface area (Å²) in [7, 11) is 0. The Hall–Kier alpha value is -1.79. The van der Waals surface area contributed by atoms with Gasteiger partial charge in [0.15, 0.2) is 5.76 Å². The number of thioether (sulfide) groups is 1. The highest BCUT2D eigenvalue weighted by Gasteiger charge is 2.14. The molecule has 0 saturated carbocycles. The molecule has 6 heteroatoms. The first kappa shape index (κ1) is 13.6. The minimum Gasteiger partial charge on any atom is -0.455 e. The number of rotatable bonds is 4. The number of nitrogens with one attached hydrogen (secondary N) is 1. The molecule has 0 atom stereocenters. The lowest BCUT2D eigenvalue weighted by molar-refractivity contribution is 0.0923. The van der Waals surface area contributed by atoms with Gasteiger partial charge in [0.25, 0.3) is 0 Å². The molecule has 0 radical (unpaired) electrons. The maximum Gasteiger partial charge on any atom is 0.301 e. The van der Waals surface area contributed by atoms with E-state index in [2.05, 4.69) is 0 Å². The van der Waals surface area contributed by atoms with Crippen LogP contribution in [-0.4, -0.2) is 5.91 Å². The van der Waals surface area contributed by atoms with Crippen LogP contribution in [0.3, 0.4) is 0 Å². The second kappa shape index (κ2) is 5.90. The van der Waals surface area contributed by atoms with E-state index >= 15 is 0 Å². The molecule has 0 aliphatic carbocycles. The average Bonchev–Trinajstić information content (AvgIpc) is 2.77. The fraction of sp³-hybridized carbons (Fsp3) is 0.154. The van der Waals surface area contributed by atoms with Crippen molar-refractivity contribution in [1.29, 1.82) is 0 Å². The van der Waals surface area contributed by atoms with Gasteiger partial charge in [0.2, 0.25) is 0 Å². The van der Waals surface area contributed by atoms with Crippen LogP contribution in [0.5, 0.6) is 0 Å². The number of hydrogen-bond donors (Lipinski definition) is 2. The van der Waals surface area contributed by atoms with Crippen molar-refractivity contribution in [2.45, 2.75) is 17.6 Å². The fourth-order valence-corrected chi connectivity index (χ4v) is 2.44. The molecule has 2 rings (SSSR count). The van der Waals surface area contributed by atoms with Crippen LogP contribution in [0.25, 0.3) is 0 Å². The largest absolute Gasteiger partial charge is 0.455 e. The standard InChI is InChI=1S/C13H13FN2O2S/c1-8-5-10(18-12(8)13(17)16-15)7-19-11-4-2-3-9(14)6-11/h2-6H,7,15H2,1H3,(H,16,17). The number of benzene rings is 1. The highest BCUT2D eigenvalue weighted by Crippen LogP contribution is 2.25. The van der Waals surface area contributed by atoms with Crippen molar-refractivity contribution < 1.29 is 13.6 Å². The molecule has 0 bridgehead atoms. The summed E-state index contributed by atoms with van der Waals surface area (Å²) in [6.45, 7) is 1.77. The molecular formula is C13H13FN2O2S. The first-order valence-electron chi connectivity index (χ1n) is 5.59. The summed E-state index contributed by atoms with van der Waals surface area (Å²) in [4.78, 5) is 12.2. The van der Waals surface area contributed by atoms with Crippen LogP contribution in [0.2, 0.25) is 0 Å². The van der Waals surface area contributed by atoms with E-state index < -0.39 is 5.91 Å². The second-order valence-electron chi connectivity index (χ2n) is 3.94. The zero-order valence-electron chi connectivity index (χ0n) is 10.3. The molecule has 100 valence electrons. The van der Waals surface area contributed by atoms with Crippen molar-refractivity contribution in [3.05, 3.63) is 53.2 Å². The molecule has 0 spiro atoms. The Kier molecular flexibility index (Phi) is 4.24. The molecule has 2 aromatic rings. The lowest BCUT2D eigenvalue weighted by Gasteiger charge is -1.99. The summed E-state index contributed by atoms with van der Waals surface area (Å²) < 4.78 is 18.4. The highest BCUT2D eigenvalue weighted by molar-refractivity contribution is 7.98. The minimum absolute atomic E-state index is 0.206. The van der Waals surface area contributed by atoms with Crippen molar-refractivity contribution in [2.24, 2.45) is 5.84 Å². The fourth-order valence-electron chi connectivity index (χ4n) is 1.62. The number of hydrazine groups is 1. The number of carbonyl (C=O) groups excluding carboxylic acids is 1. The lowest BCUT2D eigenvalue weighted by Crippen LogP contribution is -2.30. The number of nitrogen functional groups attached to an aromatic ring is 1. The van der Waals surface area contributed by atoms with E-state index in [0.29, 0.717) is 11.5 Å². The molecule has 4 nitrogen and oxygen atoms in total. The highest BCUT2D eigenvalue weighted by atomic mass is 32.2. The van der Waals surface area contributed by atoms with Crippen LogP contribution >= 0.6 is 11.8 Å². The maximum atomic E-state index is 13.0. The van der Waals surface area contributed by atoms with Crippen molar-refractivity contribution >= 4 is 17.7 Å². The van der Waals surface area contributed by atoms with Gasteiger partial charge in [-0.3, -0.25) is 10.2 Å². The van der Waals surface area contributed by atoms with Gasteiger partial charge in [-0.1, -0.05) is 6.07 Å². The smallest absolute Gasteiger partial charge is 0.301 e. The Morgan fingerprint density at radius 3 is 2.95 bits per heavy atom. The van der Waals surface area contributed by atoms with Gasteiger partial charge in [-0.15, -0.1) is 11.8 Å². The average molecular weight is 280 g/mol. The molecule has 0 fully saturated rings. The van der Waals surface area contributed by atoms with Crippen LogP contribution in [0.1, 0.15) is 21.9 Å². The predicted octanol–water partition coefficient (Wildman–Crippen LogP) is 2.62. The van der Waals surface area contributed by atoms with Gasteiger partial charge in [0, 0.05) is 10.5 Å². The van der Waals surface area contributed by atoms with Crippen LogP contribution in [0, 0.1) is 12.7 Å². The van der Waals surface area contributed by atoms with Crippen LogP contribution in [-0.2, 0) is 5.75 Å². The van der Waals surface area contributed by atoms with Crippen LogP contribution in [0.15, 0.2) is 39.6 Å². The van der Waals surface area contributed by atoms with Crippen LogP contribution < -0.4 is 11.3 Å². The summed E-state index contributed by atoms with van der Waals surface area (Å²) in [5.74, 6) is 5.69. The Balaban J connectivity index is 2.06. The molecule has 1 heterocycles. The number of carbonyl (C=O) groups is 1. The van der Waals surface area contributed by atoms with E-state index in [1.54, 1.807) is 19.1 Å². The third kappa shape index (κ3) is 3.36. The zero-order valence-corrected chi connectivity index (χ0v) is 11.1. The summed E-state index contributed by atoms with van der Waals surface area (Å²) >= 11 is 1.43. The summed E-state index contributed by atoms with van der Waals surface area (Å²) in [5, 5.41) is 0. The van der Waals surface area contributed by atoms with E-state index in [4.69, 9.17) is 10.3 Å². The number of nitrogens with two attached hydrogens (primary N) is 1. The molecule has 0 aliphatic rings. The first-order chi connectivity index (χ1) is 9.10. The molecule has 1 amide bonds. The van der Waals surface area contributed by atoms with Gasteiger partial charge in [-0.2, -0.15) is 0 Å². The number of furan rings is 1. The van der Waals surface area contributed by atoms with Gasteiger partial charge in [0.05, 0.1) is 5.75 Å². The summed E-state index contributed by atoms with van der Waals surface area (Å²) in [5.41, 5.74) is 2.75. The maximum absolute atomic E-state index is 13.0. The minimum atomic E-state index is -0.459. The van der Waals surface area contributed by atoms with E-state index in [1.807, 2.05) is 11.5 Å². The molecule has 0 unspecified atom stereocenters. The molecular weight excluding hydrogens is 267 g/mol. The molecule has 1 aromatic heterocycles. The normalized spacial score (nSPS) is 10.5. The third-order valence-corrected chi connectivity index (χ3v) is 3.50. The van der Waals surface area contributed by atoms with Gasteiger partial charge in [-0.05, 0) is 31.2 Å². The first-order valence-corrected chi connectivity index (χ1v) is 6.57. The second-order valence-corrected chi connectivity index (χ2v) is 4.99. The van der Waals surface area contributed by atoms with Crippen molar-refractivity contribution in [2.75, 3.05) is 0 Å². The van der Waals surface area contributed by atoms with Gasteiger partial charge in [-0.25, -0.2) is 10.2 Å². The predicted molar refractivity (Wildman–Crippen MR) is 71.1 cm³/mol. The third-order valence-electron chi connectivity index (χ3n) is 2.48. The topological polar surface area (TPSA) is 68.3 Å². The Labute approximate surface area is 114 Å². The molecule has 0 aliphatic heterocycles. The summed E-state index contributed by atoms with van der Waals surface area (Å²) in [6.07, 6.45) is 0. The van der Waals surface area contributed by atoms with E-state index in [0.717, 1.165) is 10.5 Å². The van der Waals surface area contributed by atoms with Crippen molar-refractivity contribution in [3.8, 4) is 0 Å². The number of halogens is 1. The Bertz CT molecular complexity index is 598. The molecule has 1 aromatic carbocycles. The van der Waals surface area contributed by atoms with E-state index in [-0.39, 0.29) is 11.6 Å². The molecule has 3 N–H and O–H groups in total. The van der Waals surface area contributed by atoms with E-state index in [1.165, 1.54) is 23.9 Å². The van der Waals surface area contributed by atoms with Crippen molar-refractivity contribution in [3.63, 3.8) is 0 Å². The zero-order chi connectivity index (χ0) is 13.8. The summed E-state index contributed by atoms with van der Waals surface area (Å²) in [6, 6.07) is 8.09. The van der Waals surface area contributed by atoms with Crippen LogP contribution in [0.4, 0.5) is 4.39 Å². The number of hydrogen-bond acceptors (Lipinski definition) is 4. The Morgan fingerprint density at radius 2 is 2.26 bits per heavy atom. The molecule has 19 heavy (non-hydrogen) atoms. The van der Waals surface area contributed by atoms with Gasteiger partial charge in [0.1, 0.15) is 11.6 Å². The van der Waals surface area contributed by atoms with Crippen molar-refractivity contribution in [1.82, 2.24) is 5.43 Å². The monoisotopic (exact) mass is 280 g/mol. The van der Waals surface area contributed by atoms with Gasteiger partial charge < -0.3 is 4.42 Å². The number of amides is 1. The molecule has 0 saturated heterocycles. The lowest BCUT2D eigenvalue weighted by atomic mass is 10.2. The van der Waals surface area contributed by atoms with Gasteiger partial charge >= 0.3 is 5.91 Å². The SMILES string of the molecule is Cc1cc(CSc2cccc(F)c2)oc1C(=O)NN. The van der Waals surface area contributed by atoms with E-state index in [9.17, 15) is 9.18 Å². The Morgan fingerprint density at radius 1 is 1.47 bits per heavy atom. The number of aryl methyl sites for hydroxylation is 1.